The van der Waals surface area contributed by atoms with Crippen LogP contribution >= 0.6 is 11.6 Å². The van der Waals surface area contributed by atoms with Crippen molar-refractivity contribution in [3.63, 3.8) is 0 Å². The molecule has 0 bridgehead atoms. The van der Waals surface area contributed by atoms with Crippen molar-refractivity contribution in [1.82, 2.24) is 10.3 Å². The average Bonchev–Trinajstić information content (AvgIpc) is 2.04. The number of nitrogens with one attached hydrogen (secondary N) is 1. The van der Waals surface area contributed by atoms with Crippen LogP contribution in [0.4, 0.5) is 0 Å². The summed E-state index contributed by atoms with van der Waals surface area (Å²) in [6.45, 7) is 0.501. The Bertz CT molecular complexity index is 338. The molecule has 0 saturated carbocycles. The van der Waals surface area contributed by atoms with Gasteiger partial charge in [-0.3, -0.25) is 4.79 Å². The minimum Gasteiger partial charge on any atom is -0.352 e. The van der Waals surface area contributed by atoms with Crippen molar-refractivity contribution in [2.45, 2.75) is 13.0 Å². The number of hydrogen-bond donors (Lipinski definition) is 1. The molecule has 3 nitrogen and oxygen atoms in total. The summed E-state index contributed by atoms with van der Waals surface area (Å²) in [4.78, 5) is 14.9. The third-order valence-corrected chi connectivity index (χ3v) is 2.24. The lowest BCUT2D eigenvalue weighted by Crippen LogP contribution is -2.30. The van der Waals surface area contributed by atoms with Crippen molar-refractivity contribution >= 4 is 17.5 Å². The van der Waals surface area contributed by atoms with Crippen molar-refractivity contribution in [2.75, 3.05) is 0 Å². The third-order valence-electron chi connectivity index (χ3n) is 1.91. The summed E-state index contributed by atoms with van der Waals surface area (Å²) >= 11 is 5.83. The number of pyridine rings is 1. The SMILES string of the molecule is O=C1Cc2ccnc(Cl)c2CN1. The van der Waals surface area contributed by atoms with Crippen LogP contribution < -0.4 is 5.32 Å². The lowest BCUT2D eigenvalue weighted by molar-refractivity contribution is -0.121. The van der Waals surface area contributed by atoms with E-state index in [1.165, 1.54) is 0 Å². The normalized spacial score (nSPS) is 15.2. The molecule has 2 rings (SSSR count). The zero-order valence-corrected chi connectivity index (χ0v) is 7.06. The van der Waals surface area contributed by atoms with Gasteiger partial charge in [-0.15, -0.1) is 0 Å². The first-order valence-electron chi connectivity index (χ1n) is 3.66. The maximum absolute atomic E-state index is 11.0. The first-order valence-corrected chi connectivity index (χ1v) is 4.04. The molecule has 0 radical (unpaired) electrons. The number of aromatic nitrogens is 1. The van der Waals surface area contributed by atoms with Gasteiger partial charge in [0.1, 0.15) is 5.15 Å². The van der Waals surface area contributed by atoms with Crippen molar-refractivity contribution in [2.24, 2.45) is 0 Å². The topological polar surface area (TPSA) is 42.0 Å². The van der Waals surface area contributed by atoms with Crippen LogP contribution in [0.2, 0.25) is 5.15 Å². The Morgan fingerprint density at radius 3 is 3.25 bits per heavy atom. The van der Waals surface area contributed by atoms with Crippen molar-refractivity contribution in [3.8, 4) is 0 Å². The number of halogens is 1. The predicted octanol–water partition coefficient (Wildman–Crippen LogP) is 0.907. The fraction of sp³-hybridized carbons (Fsp3) is 0.250. The van der Waals surface area contributed by atoms with Crippen LogP contribution in [0.5, 0.6) is 0 Å². The average molecular weight is 183 g/mol. The summed E-state index contributed by atoms with van der Waals surface area (Å²) < 4.78 is 0. The van der Waals surface area contributed by atoms with E-state index >= 15 is 0 Å². The van der Waals surface area contributed by atoms with Crippen LogP contribution in [0.15, 0.2) is 12.3 Å². The lowest BCUT2D eigenvalue weighted by atomic mass is 10.0. The second-order valence-corrected chi connectivity index (χ2v) is 3.05. The minimum absolute atomic E-state index is 0.0461. The van der Waals surface area contributed by atoms with Gasteiger partial charge >= 0.3 is 0 Å². The van der Waals surface area contributed by atoms with E-state index in [0.717, 1.165) is 11.1 Å². The van der Waals surface area contributed by atoms with Crippen LogP contribution in [0.25, 0.3) is 0 Å². The van der Waals surface area contributed by atoms with Gasteiger partial charge in [-0.05, 0) is 11.6 Å². The molecule has 1 aliphatic heterocycles. The molecule has 1 N–H and O–H groups in total. The number of fused-ring (bicyclic) bond motifs is 1. The molecule has 12 heavy (non-hydrogen) atoms. The monoisotopic (exact) mass is 182 g/mol. The third kappa shape index (κ3) is 1.16. The maximum Gasteiger partial charge on any atom is 0.224 e. The van der Waals surface area contributed by atoms with E-state index in [9.17, 15) is 4.79 Å². The smallest absolute Gasteiger partial charge is 0.224 e. The fourth-order valence-corrected chi connectivity index (χ4v) is 1.52. The fourth-order valence-electron chi connectivity index (χ4n) is 1.28. The Morgan fingerprint density at radius 2 is 2.42 bits per heavy atom. The molecule has 0 unspecified atom stereocenters. The van der Waals surface area contributed by atoms with E-state index in [4.69, 9.17) is 11.6 Å². The van der Waals surface area contributed by atoms with Gasteiger partial charge < -0.3 is 5.32 Å². The molecule has 0 saturated heterocycles. The molecule has 1 aliphatic rings. The zero-order chi connectivity index (χ0) is 8.55. The van der Waals surface area contributed by atoms with Crippen molar-refractivity contribution < 1.29 is 4.79 Å². The number of amides is 1. The number of hydrogen-bond acceptors (Lipinski definition) is 2. The zero-order valence-electron chi connectivity index (χ0n) is 6.30. The number of carbonyl (C=O) groups is 1. The van der Waals surface area contributed by atoms with Gasteiger partial charge in [0.25, 0.3) is 0 Å². The molecule has 4 heteroatoms. The largest absolute Gasteiger partial charge is 0.352 e. The molecule has 1 aromatic rings. The number of rotatable bonds is 0. The summed E-state index contributed by atoms with van der Waals surface area (Å²) in [6, 6.07) is 1.83. The van der Waals surface area contributed by atoms with E-state index in [-0.39, 0.29) is 5.91 Å². The minimum atomic E-state index is 0.0461. The molecular formula is C8H7ClN2O. The van der Waals surface area contributed by atoms with Crippen molar-refractivity contribution in [1.29, 1.82) is 0 Å². The van der Waals surface area contributed by atoms with Crippen LogP contribution in [0.1, 0.15) is 11.1 Å². The van der Waals surface area contributed by atoms with E-state index in [2.05, 4.69) is 10.3 Å². The highest BCUT2D eigenvalue weighted by molar-refractivity contribution is 6.30. The Kier molecular flexibility index (Phi) is 1.73. The van der Waals surface area contributed by atoms with Crippen LogP contribution in [0.3, 0.4) is 0 Å². The van der Waals surface area contributed by atoms with Crippen LogP contribution in [-0.4, -0.2) is 10.9 Å². The summed E-state index contributed by atoms with van der Waals surface area (Å²) in [5, 5.41) is 3.21. The van der Waals surface area contributed by atoms with Gasteiger partial charge in [0.2, 0.25) is 5.91 Å². The molecule has 62 valence electrons. The highest BCUT2D eigenvalue weighted by atomic mass is 35.5. The molecule has 1 amide bonds. The standard InChI is InChI=1S/C8H7ClN2O/c9-8-6-4-11-7(12)3-5(6)1-2-10-8/h1-2H,3-4H2,(H,11,12). The highest BCUT2D eigenvalue weighted by Gasteiger charge is 2.16. The highest BCUT2D eigenvalue weighted by Crippen LogP contribution is 2.20. The van der Waals surface area contributed by atoms with E-state index in [0.29, 0.717) is 18.1 Å². The van der Waals surface area contributed by atoms with Gasteiger partial charge in [-0.2, -0.15) is 0 Å². The van der Waals surface area contributed by atoms with Gasteiger partial charge in [-0.25, -0.2) is 4.98 Å². The van der Waals surface area contributed by atoms with E-state index < -0.39 is 0 Å². The Morgan fingerprint density at radius 1 is 1.58 bits per heavy atom. The van der Waals surface area contributed by atoms with Gasteiger partial charge in [0.05, 0.1) is 6.42 Å². The number of nitrogens with zero attached hydrogens (tertiary/aromatic N) is 1. The van der Waals surface area contributed by atoms with Crippen LogP contribution in [0, 0.1) is 0 Å². The van der Waals surface area contributed by atoms with Gasteiger partial charge in [0.15, 0.2) is 0 Å². The molecule has 0 aliphatic carbocycles. The summed E-state index contributed by atoms with van der Waals surface area (Å²) in [7, 11) is 0. The predicted molar refractivity (Wildman–Crippen MR) is 44.8 cm³/mol. The number of carbonyl (C=O) groups excluding carboxylic acids is 1. The maximum atomic E-state index is 11.0. The van der Waals surface area contributed by atoms with Gasteiger partial charge in [-0.1, -0.05) is 11.6 Å². The summed E-state index contributed by atoms with van der Waals surface area (Å²) in [5.41, 5.74) is 1.93. The summed E-state index contributed by atoms with van der Waals surface area (Å²) in [6.07, 6.45) is 2.04. The second kappa shape index (κ2) is 2.75. The second-order valence-electron chi connectivity index (χ2n) is 2.69. The molecule has 0 spiro atoms. The van der Waals surface area contributed by atoms with Gasteiger partial charge in [0, 0.05) is 18.3 Å². The Hall–Kier alpha value is -1.09. The molecule has 0 aromatic carbocycles. The molecule has 1 aromatic heterocycles. The quantitative estimate of drug-likeness (QED) is 0.606. The van der Waals surface area contributed by atoms with Crippen LogP contribution in [-0.2, 0) is 17.8 Å². The molecule has 2 heterocycles. The first kappa shape index (κ1) is 7.55. The van der Waals surface area contributed by atoms with E-state index in [1.807, 2.05) is 6.07 Å². The van der Waals surface area contributed by atoms with Crippen molar-refractivity contribution in [3.05, 3.63) is 28.5 Å². The van der Waals surface area contributed by atoms with E-state index in [1.54, 1.807) is 6.20 Å². The molecule has 0 atom stereocenters. The molecule has 0 fully saturated rings. The first-order chi connectivity index (χ1) is 5.77. The molecular weight excluding hydrogens is 176 g/mol. The summed E-state index contributed by atoms with van der Waals surface area (Å²) in [5.74, 6) is 0.0461. The lowest BCUT2D eigenvalue weighted by Gasteiger charge is -2.16. The Balaban J connectivity index is 2.48. The Labute approximate surface area is 74.8 Å².